The molecule has 0 radical (unpaired) electrons. The van der Waals surface area contributed by atoms with Crippen LogP contribution in [0.4, 0.5) is 5.69 Å². The van der Waals surface area contributed by atoms with Crippen molar-refractivity contribution in [2.45, 2.75) is 0 Å². The van der Waals surface area contributed by atoms with Crippen LogP contribution in [0.1, 0.15) is 15.9 Å². The number of carbonyl (C=O) groups excluding carboxylic acids is 1. The summed E-state index contributed by atoms with van der Waals surface area (Å²) in [5.41, 5.74) is 4.71. The molecule has 0 aromatic heterocycles. The number of nitrogens with one attached hydrogen (secondary N) is 1. The molecule has 0 fully saturated rings. The van der Waals surface area contributed by atoms with Gasteiger partial charge in [0.15, 0.2) is 0 Å². The van der Waals surface area contributed by atoms with Crippen LogP contribution in [-0.4, -0.2) is 37.1 Å². The Hall–Kier alpha value is -2.86. The van der Waals surface area contributed by atoms with Crippen LogP contribution in [0.5, 0.6) is 0 Å². The van der Waals surface area contributed by atoms with Crippen molar-refractivity contribution in [1.82, 2.24) is 5.43 Å². The highest BCUT2D eigenvalue weighted by molar-refractivity contribution is 6.39. The topological polar surface area (TPSA) is 77.3 Å². The van der Waals surface area contributed by atoms with Gasteiger partial charge in [-0.2, -0.15) is 5.10 Å². The number of carbonyl (C=O) groups is 1. The molecule has 2 aromatic rings. The van der Waals surface area contributed by atoms with Crippen molar-refractivity contribution in [2.75, 3.05) is 19.0 Å². The Labute approximate surface area is 145 Å². The van der Waals surface area contributed by atoms with Gasteiger partial charge in [0.2, 0.25) is 0 Å². The molecule has 6 nitrogen and oxygen atoms in total. The maximum absolute atomic E-state index is 12.3. The average Bonchev–Trinajstić information content (AvgIpc) is 2.58. The summed E-state index contributed by atoms with van der Waals surface area (Å²) in [4.78, 5) is 14.2. The van der Waals surface area contributed by atoms with Crippen molar-refractivity contribution >= 4 is 35.1 Å². The summed E-state index contributed by atoms with van der Waals surface area (Å²) in [6.07, 6.45) is 1.13. The van der Waals surface area contributed by atoms with Crippen LogP contribution in [0.3, 0.4) is 0 Å². The molecule has 0 aliphatic rings. The Morgan fingerprint density at radius 2 is 1.88 bits per heavy atom. The van der Waals surface area contributed by atoms with Crippen molar-refractivity contribution in [2.24, 2.45) is 10.3 Å². The quantitative estimate of drug-likeness (QED) is 0.497. The van der Waals surface area contributed by atoms with E-state index >= 15 is 0 Å². The lowest BCUT2D eigenvalue weighted by atomic mass is 10.1. The van der Waals surface area contributed by atoms with Crippen molar-refractivity contribution < 1.29 is 10.0 Å². The lowest BCUT2D eigenvalue weighted by Gasteiger charge is -2.13. The molecule has 0 bridgehead atoms. The number of hydrogen-bond donors (Lipinski definition) is 2. The Morgan fingerprint density at radius 1 is 1.17 bits per heavy atom. The van der Waals surface area contributed by atoms with Gasteiger partial charge in [-0.05, 0) is 30.3 Å². The Kier molecular flexibility index (Phi) is 5.92. The number of anilines is 1. The van der Waals surface area contributed by atoms with Gasteiger partial charge in [0.1, 0.15) is 5.71 Å². The molecule has 0 atom stereocenters. The first-order valence-electron chi connectivity index (χ1n) is 7.10. The van der Waals surface area contributed by atoms with E-state index in [1.807, 2.05) is 25.1 Å². The number of hydrogen-bond acceptors (Lipinski definition) is 5. The van der Waals surface area contributed by atoms with E-state index in [1.165, 1.54) is 0 Å². The number of nitrogens with zero attached hydrogens (tertiary/aromatic N) is 3. The number of halogens is 1. The monoisotopic (exact) mass is 344 g/mol. The van der Waals surface area contributed by atoms with E-state index in [1.54, 1.807) is 42.5 Å². The fraction of sp³-hybridized carbons (Fsp3) is 0.118. The molecule has 0 spiro atoms. The molecule has 1 amide bonds. The molecule has 2 aromatic carbocycles. The average molecular weight is 345 g/mol. The predicted octanol–water partition coefficient (Wildman–Crippen LogP) is 3.00. The molecule has 0 unspecified atom stereocenters. The SMILES string of the molecule is CN(C)c1cccc(C(=O)NN=C(C=NO)c2cccc(Cl)c2)c1. The lowest BCUT2D eigenvalue weighted by Crippen LogP contribution is -2.21. The number of benzene rings is 2. The zero-order valence-corrected chi connectivity index (χ0v) is 14.0. The molecule has 0 saturated heterocycles. The van der Waals surface area contributed by atoms with Gasteiger partial charge >= 0.3 is 0 Å². The van der Waals surface area contributed by atoms with Crippen molar-refractivity contribution in [3.05, 3.63) is 64.7 Å². The van der Waals surface area contributed by atoms with E-state index in [9.17, 15) is 4.79 Å². The summed E-state index contributed by atoms with van der Waals surface area (Å²) in [5, 5.41) is 16.3. The van der Waals surface area contributed by atoms with Gasteiger partial charge in [-0.1, -0.05) is 35.0 Å². The van der Waals surface area contributed by atoms with Gasteiger partial charge in [0.25, 0.3) is 5.91 Å². The van der Waals surface area contributed by atoms with Gasteiger partial charge < -0.3 is 10.1 Å². The summed E-state index contributed by atoms with van der Waals surface area (Å²) < 4.78 is 0. The molecular formula is C17H17ClN4O2. The fourth-order valence-corrected chi connectivity index (χ4v) is 2.16. The first-order valence-corrected chi connectivity index (χ1v) is 7.48. The van der Waals surface area contributed by atoms with Gasteiger partial charge in [0, 0.05) is 35.9 Å². The maximum Gasteiger partial charge on any atom is 0.271 e. The van der Waals surface area contributed by atoms with E-state index in [0.29, 0.717) is 16.1 Å². The van der Waals surface area contributed by atoms with Crippen LogP contribution in [0.2, 0.25) is 5.02 Å². The highest BCUT2D eigenvalue weighted by Crippen LogP contribution is 2.14. The molecular weight excluding hydrogens is 328 g/mol. The third-order valence-corrected chi connectivity index (χ3v) is 3.44. The standard InChI is InChI=1S/C17H17ClN4O2/c1-22(2)15-8-4-6-13(10-15)17(23)21-20-16(11-19-24)12-5-3-7-14(18)9-12/h3-11,24H,1-2H3,(H,21,23). The molecule has 0 aliphatic heterocycles. The van der Waals surface area contributed by atoms with Crippen molar-refractivity contribution in [3.8, 4) is 0 Å². The smallest absolute Gasteiger partial charge is 0.271 e. The van der Waals surface area contributed by atoms with E-state index in [0.717, 1.165) is 11.9 Å². The number of hydrazone groups is 1. The summed E-state index contributed by atoms with van der Waals surface area (Å²) in [7, 11) is 3.79. The molecule has 0 heterocycles. The van der Waals surface area contributed by atoms with Crippen molar-refractivity contribution in [3.63, 3.8) is 0 Å². The highest BCUT2D eigenvalue weighted by Gasteiger charge is 2.08. The third-order valence-electron chi connectivity index (χ3n) is 3.20. The summed E-state index contributed by atoms with van der Waals surface area (Å²) >= 11 is 5.94. The van der Waals surface area contributed by atoms with Crippen LogP contribution in [0.15, 0.2) is 58.8 Å². The Morgan fingerprint density at radius 3 is 2.54 bits per heavy atom. The largest absolute Gasteiger partial charge is 0.411 e. The van der Waals surface area contributed by atoms with Crippen LogP contribution >= 0.6 is 11.6 Å². The molecule has 0 saturated carbocycles. The van der Waals surface area contributed by atoms with Gasteiger partial charge in [-0.25, -0.2) is 5.43 Å². The summed E-state index contributed by atoms with van der Waals surface area (Å²) in [6, 6.07) is 14.0. The van der Waals surface area contributed by atoms with Crippen LogP contribution < -0.4 is 10.3 Å². The van der Waals surface area contributed by atoms with Gasteiger partial charge in [-0.3, -0.25) is 4.79 Å². The fourth-order valence-electron chi connectivity index (χ4n) is 1.97. The van der Waals surface area contributed by atoms with E-state index < -0.39 is 0 Å². The van der Waals surface area contributed by atoms with E-state index in [4.69, 9.17) is 16.8 Å². The Bertz CT molecular complexity index is 788. The first-order chi connectivity index (χ1) is 11.5. The van der Waals surface area contributed by atoms with Crippen LogP contribution in [-0.2, 0) is 0 Å². The van der Waals surface area contributed by atoms with E-state index in [2.05, 4.69) is 15.7 Å². The first kappa shape index (κ1) is 17.5. The minimum atomic E-state index is -0.371. The molecule has 24 heavy (non-hydrogen) atoms. The minimum absolute atomic E-state index is 0.275. The zero-order valence-electron chi connectivity index (χ0n) is 13.3. The highest BCUT2D eigenvalue weighted by atomic mass is 35.5. The third kappa shape index (κ3) is 4.57. The second-order valence-electron chi connectivity index (χ2n) is 5.14. The second-order valence-corrected chi connectivity index (χ2v) is 5.57. The van der Waals surface area contributed by atoms with Crippen molar-refractivity contribution in [1.29, 1.82) is 0 Å². The normalized spacial score (nSPS) is 11.5. The van der Waals surface area contributed by atoms with Gasteiger partial charge in [0.05, 0.1) is 6.21 Å². The molecule has 124 valence electrons. The summed E-state index contributed by atoms with van der Waals surface area (Å²) in [6.45, 7) is 0. The number of oxime groups is 1. The van der Waals surface area contributed by atoms with Crippen LogP contribution in [0, 0.1) is 0 Å². The van der Waals surface area contributed by atoms with E-state index in [-0.39, 0.29) is 11.6 Å². The number of amides is 1. The predicted molar refractivity (Wildman–Crippen MR) is 96.5 cm³/mol. The maximum atomic E-state index is 12.3. The zero-order chi connectivity index (χ0) is 17.5. The van der Waals surface area contributed by atoms with Crippen LogP contribution in [0.25, 0.3) is 0 Å². The molecule has 2 N–H and O–H groups in total. The van der Waals surface area contributed by atoms with Gasteiger partial charge in [-0.15, -0.1) is 0 Å². The molecule has 0 aliphatic carbocycles. The number of rotatable bonds is 5. The molecule has 2 rings (SSSR count). The lowest BCUT2D eigenvalue weighted by molar-refractivity contribution is 0.0955. The Balaban J connectivity index is 2.22. The second kappa shape index (κ2) is 8.12. The minimum Gasteiger partial charge on any atom is -0.411 e. The molecule has 7 heteroatoms. The summed E-state index contributed by atoms with van der Waals surface area (Å²) in [5.74, 6) is -0.371.